The molecule has 2 heterocycles. The van der Waals surface area contributed by atoms with Crippen LogP contribution < -0.4 is 10.6 Å². The second kappa shape index (κ2) is 8.29. The van der Waals surface area contributed by atoms with Gasteiger partial charge in [0, 0.05) is 38.4 Å². The lowest BCUT2D eigenvalue weighted by Crippen LogP contribution is -2.45. The summed E-state index contributed by atoms with van der Waals surface area (Å²) in [6.07, 6.45) is 4.94. The van der Waals surface area contributed by atoms with Gasteiger partial charge in [0.2, 0.25) is 0 Å². The Balaban J connectivity index is 2.05. The molecule has 23 heavy (non-hydrogen) atoms. The molecule has 5 heteroatoms. The molecule has 1 aliphatic heterocycles. The summed E-state index contributed by atoms with van der Waals surface area (Å²) in [7, 11) is 0. The number of amides is 1. The first-order valence-corrected chi connectivity index (χ1v) is 8.82. The third-order valence-electron chi connectivity index (χ3n) is 4.68. The van der Waals surface area contributed by atoms with Crippen LogP contribution in [0, 0.1) is 5.92 Å². The number of hydrogen-bond donors (Lipinski definition) is 1. The Bertz CT molecular complexity index is 500. The zero-order chi connectivity index (χ0) is 16.8. The molecule has 0 aliphatic carbocycles. The standard InChI is InChI=1S/C18H30N4O/c1-4-10-21(5-2)17-9-8-15(12-20-17)18(23)22-11-6-7-16(13-22)14(3)19/h8-9,12,14,16H,4-7,10-11,13,19H2,1-3H3. The highest BCUT2D eigenvalue weighted by Crippen LogP contribution is 2.21. The molecule has 0 bridgehead atoms. The van der Waals surface area contributed by atoms with Gasteiger partial charge in [0.25, 0.3) is 5.91 Å². The van der Waals surface area contributed by atoms with E-state index in [2.05, 4.69) is 23.7 Å². The number of carbonyl (C=O) groups is 1. The number of piperidine rings is 1. The number of rotatable bonds is 6. The lowest BCUT2D eigenvalue weighted by Gasteiger charge is -2.34. The lowest BCUT2D eigenvalue weighted by molar-refractivity contribution is 0.0660. The molecule has 0 saturated carbocycles. The van der Waals surface area contributed by atoms with Crippen LogP contribution in [0.25, 0.3) is 0 Å². The Hall–Kier alpha value is -1.62. The van der Waals surface area contributed by atoms with Crippen LogP contribution in [0.2, 0.25) is 0 Å². The molecule has 1 aromatic heterocycles. The highest BCUT2D eigenvalue weighted by atomic mass is 16.2. The monoisotopic (exact) mass is 318 g/mol. The smallest absolute Gasteiger partial charge is 0.255 e. The van der Waals surface area contributed by atoms with E-state index in [0.29, 0.717) is 11.5 Å². The molecule has 0 aromatic carbocycles. The normalized spacial score (nSPS) is 19.5. The van der Waals surface area contributed by atoms with E-state index in [9.17, 15) is 4.79 Å². The Morgan fingerprint density at radius 1 is 1.48 bits per heavy atom. The van der Waals surface area contributed by atoms with Crippen LogP contribution in [0.1, 0.15) is 50.4 Å². The van der Waals surface area contributed by atoms with Gasteiger partial charge in [-0.05, 0) is 51.2 Å². The van der Waals surface area contributed by atoms with Crippen molar-refractivity contribution >= 4 is 11.7 Å². The maximum Gasteiger partial charge on any atom is 0.255 e. The summed E-state index contributed by atoms with van der Waals surface area (Å²) in [5.41, 5.74) is 6.68. The molecule has 2 N–H and O–H groups in total. The van der Waals surface area contributed by atoms with Crippen LogP contribution in [0.4, 0.5) is 5.82 Å². The Labute approximate surface area is 139 Å². The summed E-state index contributed by atoms with van der Waals surface area (Å²) >= 11 is 0. The number of nitrogens with zero attached hydrogens (tertiary/aromatic N) is 3. The molecule has 5 nitrogen and oxygen atoms in total. The van der Waals surface area contributed by atoms with Crippen LogP contribution in [-0.2, 0) is 0 Å². The first-order valence-electron chi connectivity index (χ1n) is 8.82. The Morgan fingerprint density at radius 3 is 2.83 bits per heavy atom. The molecular formula is C18H30N4O. The number of carbonyl (C=O) groups excluding carboxylic acids is 1. The van der Waals surface area contributed by atoms with Gasteiger partial charge in [-0.25, -0.2) is 4.98 Å². The van der Waals surface area contributed by atoms with Crippen molar-refractivity contribution in [3.63, 3.8) is 0 Å². The molecule has 2 atom stereocenters. The Kier molecular flexibility index (Phi) is 6.39. The molecular weight excluding hydrogens is 288 g/mol. The van der Waals surface area contributed by atoms with Crippen molar-refractivity contribution in [3.05, 3.63) is 23.9 Å². The van der Waals surface area contributed by atoms with Crippen LogP contribution in [0.15, 0.2) is 18.3 Å². The average Bonchev–Trinajstić information content (AvgIpc) is 2.59. The molecule has 1 saturated heterocycles. The minimum atomic E-state index is 0.0768. The van der Waals surface area contributed by atoms with E-state index in [-0.39, 0.29) is 11.9 Å². The molecule has 1 aliphatic rings. The van der Waals surface area contributed by atoms with Crippen LogP contribution in [0.3, 0.4) is 0 Å². The van der Waals surface area contributed by atoms with E-state index < -0.39 is 0 Å². The number of likely N-dealkylation sites (tertiary alicyclic amines) is 1. The van der Waals surface area contributed by atoms with Crippen LogP contribution in [0.5, 0.6) is 0 Å². The minimum absolute atomic E-state index is 0.0768. The second-order valence-corrected chi connectivity index (χ2v) is 6.50. The third kappa shape index (κ3) is 4.44. The average molecular weight is 318 g/mol. The van der Waals surface area contributed by atoms with Gasteiger partial charge in [0.1, 0.15) is 5.82 Å². The van der Waals surface area contributed by atoms with Gasteiger partial charge in [-0.2, -0.15) is 0 Å². The van der Waals surface area contributed by atoms with Crippen molar-refractivity contribution in [2.45, 2.75) is 46.1 Å². The van der Waals surface area contributed by atoms with Gasteiger partial charge in [-0.3, -0.25) is 4.79 Å². The van der Waals surface area contributed by atoms with Gasteiger partial charge in [-0.1, -0.05) is 6.92 Å². The number of aromatic nitrogens is 1. The van der Waals surface area contributed by atoms with E-state index >= 15 is 0 Å². The number of nitrogens with two attached hydrogens (primary N) is 1. The second-order valence-electron chi connectivity index (χ2n) is 6.50. The van der Waals surface area contributed by atoms with Crippen molar-refractivity contribution in [2.24, 2.45) is 11.7 Å². The number of hydrogen-bond acceptors (Lipinski definition) is 4. The summed E-state index contributed by atoms with van der Waals surface area (Å²) in [5, 5.41) is 0. The molecule has 2 unspecified atom stereocenters. The SMILES string of the molecule is CCCN(CC)c1ccc(C(=O)N2CCCC(C(C)N)C2)cn1. The van der Waals surface area contributed by atoms with Gasteiger partial charge >= 0.3 is 0 Å². The summed E-state index contributed by atoms with van der Waals surface area (Å²) in [6.45, 7) is 9.80. The van der Waals surface area contributed by atoms with E-state index in [0.717, 1.165) is 51.3 Å². The third-order valence-corrected chi connectivity index (χ3v) is 4.68. The van der Waals surface area contributed by atoms with Gasteiger partial charge in [-0.15, -0.1) is 0 Å². The minimum Gasteiger partial charge on any atom is -0.357 e. The first kappa shape index (κ1) is 17.7. The maximum atomic E-state index is 12.7. The molecule has 2 rings (SSSR count). The van der Waals surface area contributed by atoms with Crippen molar-refractivity contribution in [2.75, 3.05) is 31.1 Å². The summed E-state index contributed by atoms with van der Waals surface area (Å²) in [4.78, 5) is 21.3. The van der Waals surface area contributed by atoms with E-state index in [1.165, 1.54) is 0 Å². The summed E-state index contributed by atoms with van der Waals surface area (Å²) < 4.78 is 0. The number of anilines is 1. The molecule has 128 valence electrons. The highest BCUT2D eigenvalue weighted by Gasteiger charge is 2.26. The van der Waals surface area contributed by atoms with Crippen molar-refractivity contribution in [1.29, 1.82) is 0 Å². The fourth-order valence-corrected chi connectivity index (χ4v) is 3.21. The highest BCUT2D eigenvalue weighted by molar-refractivity contribution is 5.94. The Morgan fingerprint density at radius 2 is 2.26 bits per heavy atom. The fourth-order valence-electron chi connectivity index (χ4n) is 3.21. The van der Waals surface area contributed by atoms with Crippen molar-refractivity contribution in [3.8, 4) is 0 Å². The van der Waals surface area contributed by atoms with Crippen LogP contribution in [-0.4, -0.2) is 48.0 Å². The molecule has 1 amide bonds. The topological polar surface area (TPSA) is 62.5 Å². The summed E-state index contributed by atoms with van der Waals surface area (Å²) in [5.74, 6) is 1.42. The zero-order valence-electron chi connectivity index (χ0n) is 14.7. The van der Waals surface area contributed by atoms with Crippen LogP contribution >= 0.6 is 0 Å². The number of pyridine rings is 1. The van der Waals surface area contributed by atoms with Crippen molar-refractivity contribution in [1.82, 2.24) is 9.88 Å². The fraction of sp³-hybridized carbons (Fsp3) is 0.667. The van der Waals surface area contributed by atoms with E-state index in [1.807, 2.05) is 24.0 Å². The van der Waals surface area contributed by atoms with Gasteiger partial charge in [0.15, 0.2) is 0 Å². The predicted molar refractivity (Wildman–Crippen MR) is 94.7 cm³/mol. The zero-order valence-corrected chi connectivity index (χ0v) is 14.7. The largest absolute Gasteiger partial charge is 0.357 e. The van der Waals surface area contributed by atoms with E-state index in [4.69, 9.17) is 5.73 Å². The quantitative estimate of drug-likeness (QED) is 0.875. The molecule has 1 aromatic rings. The molecule has 0 radical (unpaired) electrons. The lowest BCUT2D eigenvalue weighted by atomic mass is 9.92. The molecule has 0 spiro atoms. The first-order chi connectivity index (χ1) is 11.1. The maximum absolute atomic E-state index is 12.7. The van der Waals surface area contributed by atoms with Gasteiger partial charge in [0.05, 0.1) is 5.56 Å². The predicted octanol–water partition coefficient (Wildman–Crippen LogP) is 2.52. The van der Waals surface area contributed by atoms with Gasteiger partial charge < -0.3 is 15.5 Å². The van der Waals surface area contributed by atoms with E-state index in [1.54, 1.807) is 6.20 Å². The molecule has 1 fully saturated rings. The van der Waals surface area contributed by atoms with Crippen molar-refractivity contribution < 1.29 is 4.79 Å². The summed E-state index contributed by atoms with van der Waals surface area (Å²) in [6, 6.07) is 4.00.